The van der Waals surface area contributed by atoms with Gasteiger partial charge in [-0.2, -0.15) is 23.3 Å². The molecule has 9 heteroatoms. The first-order chi connectivity index (χ1) is 11.8. The molecule has 1 N–H and O–H groups in total. The van der Waals surface area contributed by atoms with Crippen molar-refractivity contribution in [3.63, 3.8) is 0 Å². The molecule has 2 heterocycles. The van der Waals surface area contributed by atoms with Crippen LogP contribution in [0.4, 0.5) is 19.1 Å². The Kier molecular flexibility index (Phi) is 4.23. The quantitative estimate of drug-likeness (QED) is 0.860. The highest BCUT2D eigenvalue weighted by Crippen LogP contribution is 2.41. The number of aromatic nitrogens is 3. The lowest BCUT2D eigenvalue weighted by Gasteiger charge is -2.30. The maximum absolute atomic E-state index is 13.6. The van der Waals surface area contributed by atoms with E-state index in [1.165, 1.54) is 11.6 Å². The first-order valence-electron chi connectivity index (χ1n) is 7.54. The molecule has 25 heavy (non-hydrogen) atoms. The molecular formula is C16H15F3N4O2. The maximum atomic E-state index is 13.6. The molecule has 1 aromatic carbocycles. The molecular weight excluding hydrogens is 337 g/mol. The normalized spacial score (nSPS) is 17.1. The van der Waals surface area contributed by atoms with Gasteiger partial charge in [-0.1, -0.05) is 29.8 Å². The minimum atomic E-state index is -4.78. The van der Waals surface area contributed by atoms with E-state index in [2.05, 4.69) is 15.4 Å². The molecule has 1 aliphatic heterocycles. The highest BCUT2D eigenvalue weighted by molar-refractivity contribution is 5.92. The third-order valence-corrected chi connectivity index (χ3v) is 3.77. The number of alkyl halides is 3. The van der Waals surface area contributed by atoms with Gasteiger partial charge >= 0.3 is 12.1 Å². The van der Waals surface area contributed by atoms with Crippen molar-refractivity contribution in [2.24, 2.45) is 0 Å². The summed E-state index contributed by atoms with van der Waals surface area (Å²) in [6.45, 7) is 3.35. The smallest absolute Gasteiger partial charge is 0.431 e. The van der Waals surface area contributed by atoms with Gasteiger partial charge in [-0.15, -0.1) is 0 Å². The summed E-state index contributed by atoms with van der Waals surface area (Å²) in [5.41, 5.74) is -0.314. The molecule has 0 bridgehead atoms. The SMILES string of the molecule is CCOC(=O)C1=C(C(F)(F)F)Nc2ncnn2C1c1ccc(C)cc1. The Balaban J connectivity index is 2.24. The first-order valence-corrected chi connectivity index (χ1v) is 7.54. The number of carbonyl (C=O) groups is 1. The second-order valence-corrected chi connectivity index (χ2v) is 5.47. The zero-order chi connectivity index (χ0) is 18.2. The summed E-state index contributed by atoms with van der Waals surface area (Å²) in [6.07, 6.45) is -3.64. The average Bonchev–Trinajstić information content (AvgIpc) is 3.01. The number of fused-ring (bicyclic) bond motifs is 1. The number of hydrogen-bond acceptors (Lipinski definition) is 5. The molecule has 0 saturated heterocycles. The Morgan fingerprint density at radius 3 is 2.60 bits per heavy atom. The molecule has 6 nitrogen and oxygen atoms in total. The number of nitrogens with zero attached hydrogens (tertiary/aromatic N) is 3. The van der Waals surface area contributed by atoms with Crippen LogP contribution in [0.25, 0.3) is 0 Å². The molecule has 132 valence electrons. The van der Waals surface area contributed by atoms with Crippen molar-refractivity contribution in [3.8, 4) is 0 Å². The first kappa shape index (κ1) is 17.0. The van der Waals surface area contributed by atoms with Gasteiger partial charge in [0.25, 0.3) is 0 Å². The van der Waals surface area contributed by atoms with Crippen LogP contribution in [-0.2, 0) is 9.53 Å². The van der Waals surface area contributed by atoms with Crippen LogP contribution in [0.15, 0.2) is 41.9 Å². The van der Waals surface area contributed by atoms with E-state index < -0.39 is 29.5 Å². The van der Waals surface area contributed by atoms with Crippen molar-refractivity contribution in [1.29, 1.82) is 0 Å². The minimum absolute atomic E-state index is 0.0434. The third-order valence-electron chi connectivity index (χ3n) is 3.77. The van der Waals surface area contributed by atoms with E-state index in [9.17, 15) is 18.0 Å². The second kappa shape index (κ2) is 6.23. The van der Waals surface area contributed by atoms with Gasteiger partial charge in [0.05, 0.1) is 12.2 Å². The number of rotatable bonds is 3. The predicted octanol–water partition coefficient (Wildman–Crippen LogP) is 2.98. The van der Waals surface area contributed by atoms with Gasteiger partial charge in [0.1, 0.15) is 18.1 Å². The fourth-order valence-corrected chi connectivity index (χ4v) is 2.67. The largest absolute Gasteiger partial charge is 0.463 e. The fourth-order valence-electron chi connectivity index (χ4n) is 2.67. The summed E-state index contributed by atoms with van der Waals surface area (Å²) in [5.74, 6) is -1.14. The van der Waals surface area contributed by atoms with Gasteiger partial charge in [0.15, 0.2) is 0 Å². The van der Waals surface area contributed by atoms with Crippen molar-refractivity contribution in [2.45, 2.75) is 26.1 Å². The van der Waals surface area contributed by atoms with E-state index in [-0.39, 0.29) is 12.6 Å². The predicted molar refractivity (Wildman–Crippen MR) is 82.7 cm³/mol. The Morgan fingerprint density at radius 2 is 2.00 bits per heavy atom. The number of benzene rings is 1. The molecule has 1 atom stereocenters. The number of anilines is 1. The summed E-state index contributed by atoms with van der Waals surface area (Å²) < 4.78 is 46.8. The van der Waals surface area contributed by atoms with Crippen LogP contribution >= 0.6 is 0 Å². The summed E-state index contributed by atoms with van der Waals surface area (Å²) in [7, 11) is 0. The number of esters is 1. The van der Waals surface area contributed by atoms with E-state index in [0.717, 1.165) is 11.9 Å². The number of ether oxygens (including phenoxy) is 1. The molecule has 3 rings (SSSR count). The highest BCUT2D eigenvalue weighted by atomic mass is 19.4. The number of halogens is 3. The second-order valence-electron chi connectivity index (χ2n) is 5.47. The monoisotopic (exact) mass is 352 g/mol. The maximum Gasteiger partial charge on any atom is 0.431 e. The van der Waals surface area contributed by atoms with Gasteiger partial charge in [-0.3, -0.25) is 0 Å². The molecule has 0 saturated carbocycles. The van der Waals surface area contributed by atoms with E-state index in [1.54, 1.807) is 24.3 Å². The van der Waals surface area contributed by atoms with Crippen molar-refractivity contribution < 1.29 is 22.7 Å². The number of nitrogens with one attached hydrogen (secondary N) is 1. The standard InChI is InChI=1S/C16H15F3N4O2/c1-3-25-14(24)11-12(10-6-4-9(2)5-7-10)23-15(20-8-21-23)22-13(11)16(17,18)19/h4-8,12H,3H2,1-2H3,(H,20,21,22). The Hall–Kier alpha value is -2.84. The zero-order valence-electron chi connectivity index (χ0n) is 13.5. The van der Waals surface area contributed by atoms with Gasteiger partial charge in [-0.25, -0.2) is 9.48 Å². The van der Waals surface area contributed by atoms with Crippen LogP contribution in [0.5, 0.6) is 0 Å². The van der Waals surface area contributed by atoms with Gasteiger partial charge in [-0.05, 0) is 19.4 Å². The molecule has 0 spiro atoms. The molecule has 1 aliphatic rings. The molecule has 1 aromatic heterocycles. The number of hydrogen-bond donors (Lipinski definition) is 1. The summed E-state index contributed by atoms with van der Waals surface area (Å²) in [5, 5.41) is 6.14. The molecule has 0 fully saturated rings. The summed E-state index contributed by atoms with van der Waals surface area (Å²) in [4.78, 5) is 16.2. The van der Waals surface area contributed by atoms with Crippen molar-refractivity contribution >= 4 is 11.9 Å². The van der Waals surface area contributed by atoms with Crippen LogP contribution in [0, 0.1) is 6.92 Å². The lowest BCUT2D eigenvalue weighted by Crippen LogP contribution is -2.35. The molecule has 1 unspecified atom stereocenters. The zero-order valence-corrected chi connectivity index (χ0v) is 13.5. The number of aryl methyl sites for hydroxylation is 1. The highest BCUT2D eigenvalue weighted by Gasteiger charge is 2.46. The minimum Gasteiger partial charge on any atom is -0.463 e. The lowest BCUT2D eigenvalue weighted by atomic mass is 9.94. The van der Waals surface area contributed by atoms with Crippen molar-refractivity contribution in [1.82, 2.24) is 14.8 Å². The average molecular weight is 352 g/mol. The van der Waals surface area contributed by atoms with E-state index in [1.807, 2.05) is 6.92 Å². The van der Waals surface area contributed by atoms with E-state index >= 15 is 0 Å². The van der Waals surface area contributed by atoms with Crippen LogP contribution in [0.1, 0.15) is 24.1 Å². The Bertz CT molecular complexity index is 825. The topological polar surface area (TPSA) is 69.0 Å². The molecule has 0 aliphatic carbocycles. The van der Waals surface area contributed by atoms with Crippen molar-refractivity contribution in [3.05, 3.63) is 53.0 Å². The molecule has 2 aromatic rings. The number of carbonyl (C=O) groups excluding carboxylic acids is 1. The lowest BCUT2D eigenvalue weighted by molar-refractivity contribution is -0.140. The van der Waals surface area contributed by atoms with E-state index in [0.29, 0.717) is 5.56 Å². The van der Waals surface area contributed by atoms with Gasteiger partial charge in [0.2, 0.25) is 5.95 Å². The van der Waals surface area contributed by atoms with Crippen LogP contribution in [0.3, 0.4) is 0 Å². The molecule has 0 amide bonds. The van der Waals surface area contributed by atoms with Crippen LogP contribution < -0.4 is 5.32 Å². The van der Waals surface area contributed by atoms with Gasteiger partial charge in [0, 0.05) is 0 Å². The summed E-state index contributed by atoms with van der Waals surface area (Å²) >= 11 is 0. The van der Waals surface area contributed by atoms with E-state index in [4.69, 9.17) is 4.74 Å². The Morgan fingerprint density at radius 1 is 1.32 bits per heavy atom. The molecule has 0 radical (unpaired) electrons. The number of allylic oxidation sites excluding steroid dienone is 1. The summed E-state index contributed by atoms with van der Waals surface area (Å²) in [6, 6.07) is 5.73. The Labute approximate surface area is 141 Å². The van der Waals surface area contributed by atoms with Crippen molar-refractivity contribution in [2.75, 3.05) is 11.9 Å². The third kappa shape index (κ3) is 3.09. The van der Waals surface area contributed by atoms with Crippen LogP contribution in [-0.4, -0.2) is 33.5 Å². The van der Waals surface area contributed by atoms with Gasteiger partial charge < -0.3 is 10.1 Å². The van der Waals surface area contributed by atoms with Crippen LogP contribution in [0.2, 0.25) is 0 Å². The fraction of sp³-hybridized carbons (Fsp3) is 0.312.